The monoisotopic (exact) mass is 291 g/mol. The van der Waals surface area contributed by atoms with Gasteiger partial charge < -0.3 is 10.2 Å². The predicted molar refractivity (Wildman–Crippen MR) is 61.3 cm³/mol. The quantitative estimate of drug-likeness (QED) is 0.831. The molecule has 0 radical (unpaired) electrons. The largest absolute Gasteiger partial charge is 0.478 e. The Bertz CT molecular complexity index is 372. The van der Waals surface area contributed by atoms with Gasteiger partial charge in [-0.1, -0.05) is 6.92 Å². The van der Waals surface area contributed by atoms with E-state index >= 15 is 0 Å². The molecule has 0 aliphatic rings. The van der Waals surface area contributed by atoms with Crippen molar-refractivity contribution in [3.63, 3.8) is 0 Å². The number of thioether (sulfide) groups is 1. The van der Waals surface area contributed by atoms with Crippen molar-refractivity contribution in [2.24, 2.45) is 0 Å². The molecule has 0 saturated carbocycles. The predicted octanol–water partition coefficient (Wildman–Crippen LogP) is 2.02. The van der Waals surface area contributed by atoms with Gasteiger partial charge in [0.05, 0.1) is 12.2 Å². The van der Waals surface area contributed by atoms with E-state index in [1.807, 2.05) is 0 Å². The number of rotatable bonds is 4. The Kier molecular flexibility index (Phi) is 4.56. The summed E-state index contributed by atoms with van der Waals surface area (Å²) in [6.45, 7) is 1.79. The second-order valence-electron chi connectivity index (χ2n) is 2.92. The first-order valence-corrected chi connectivity index (χ1v) is 5.88. The molecule has 0 saturated heterocycles. The van der Waals surface area contributed by atoms with Gasteiger partial charge in [0.1, 0.15) is 5.03 Å². The van der Waals surface area contributed by atoms with Crippen molar-refractivity contribution in [3.8, 4) is 0 Å². The minimum Gasteiger partial charge on any atom is -0.478 e. The van der Waals surface area contributed by atoms with E-state index in [1.165, 1.54) is 17.8 Å². The molecule has 0 fully saturated rings. The molecule has 1 aromatic heterocycles. The lowest BCUT2D eigenvalue weighted by molar-refractivity contribution is 0.0692. The Morgan fingerprint density at radius 2 is 2.40 bits per heavy atom. The maximum atomic E-state index is 10.9. The summed E-state index contributed by atoms with van der Waals surface area (Å²) in [6, 6.07) is 1.50. The zero-order chi connectivity index (χ0) is 11.4. The maximum absolute atomic E-state index is 10.9. The van der Waals surface area contributed by atoms with E-state index in [9.17, 15) is 4.79 Å². The molecule has 1 rings (SSSR count). The van der Waals surface area contributed by atoms with Crippen molar-refractivity contribution in [3.05, 3.63) is 22.3 Å². The lowest BCUT2D eigenvalue weighted by atomic mass is 10.3. The van der Waals surface area contributed by atoms with Crippen molar-refractivity contribution in [1.82, 2.24) is 4.98 Å². The molecular weight excluding hydrogens is 282 g/mol. The molecule has 1 unspecified atom stereocenters. The summed E-state index contributed by atoms with van der Waals surface area (Å²) in [5.74, 6) is -1.02. The Morgan fingerprint density at radius 1 is 1.73 bits per heavy atom. The fraction of sp³-hybridized carbons (Fsp3) is 0.333. The van der Waals surface area contributed by atoms with Crippen LogP contribution in [0.25, 0.3) is 0 Å². The van der Waals surface area contributed by atoms with Gasteiger partial charge in [0.15, 0.2) is 0 Å². The summed E-state index contributed by atoms with van der Waals surface area (Å²) in [6.07, 6.45) is 1.54. The molecule has 0 aromatic carbocycles. The van der Waals surface area contributed by atoms with Crippen molar-refractivity contribution in [1.29, 1.82) is 0 Å². The molecule has 1 heterocycles. The molecule has 0 aliphatic carbocycles. The first-order chi connectivity index (χ1) is 7.04. The van der Waals surface area contributed by atoms with Crippen LogP contribution in [-0.4, -0.2) is 33.0 Å². The van der Waals surface area contributed by atoms with Gasteiger partial charge in [-0.15, -0.1) is 11.8 Å². The number of carbonyl (C=O) groups is 1. The molecule has 4 nitrogen and oxygen atoms in total. The molecular formula is C9H10BrNO3S. The number of hydrogen-bond donors (Lipinski definition) is 2. The van der Waals surface area contributed by atoms with Gasteiger partial charge in [-0.05, 0) is 22.0 Å². The number of aliphatic hydroxyl groups excluding tert-OH is 1. The molecule has 82 valence electrons. The number of pyridine rings is 1. The number of carboxylic acids is 1. The second-order valence-corrected chi connectivity index (χ2v) is 5.27. The smallest absolute Gasteiger partial charge is 0.338 e. The van der Waals surface area contributed by atoms with Crippen LogP contribution in [0.1, 0.15) is 17.3 Å². The van der Waals surface area contributed by atoms with Crippen LogP contribution in [0.5, 0.6) is 0 Å². The normalized spacial score (nSPS) is 12.5. The molecule has 0 bridgehead atoms. The lowest BCUT2D eigenvalue weighted by Crippen LogP contribution is -2.06. The van der Waals surface area contributed by atoms with E-state index in [0.29, 0.717) is 9.50 Å². The number of nitrogens with zero attached hydrogens (tertiary/aromatic N) is 1. The molecule has 15 heavy (non-hydrogen) atoms. The van der Waals surface area contributed by atoms with Crippen LogP contribution in [0.2, 0.25) is 0 Å². The van der Waals surface area contributed by atoms with Gasteiger partial charge in [-0.25, -0.2) is 9.78 Å². The van der Waals surface area contributed by atoms with E-state index in [1.54, 1.807) is 13.1 Å². The number of aliphatic hydroxyl groups is 1. The number of aromatic nitrogens is 1. The van der Waals surface area contributed by atoms with Crippen LogP contribution in [0.3, 0.4) is 0 Å². The van der Waals surface area contributed by atoms with E-state index in [4.69, 9.17) is 10.2 Å². The van der Waals surface area contributed by atoms with Crippen molar-refractivity contribution < 1.29 is 15.0 Å². The second kappa shape index (κ2) is 5.48. The Balaban J connectivity index is 3.01. The SMILES string of the molecule is CC(CO)Sc1ncc(Br)cc1C(=O)O. The van der Waals surface area contributed by atoms with Crippen LogP contribution in [0.15, 0.2) is 21.8 Å². The average molecular weight is 292 g/mol. The van der Waals surface area contributed by atoms with Crippen LogP contribution >= 0.6 is 27.7 Å². The highest BCUT2D eigenvalue weighted by Gasteiger charge is 2.14. The molecule has 2 N–H and O–H groups in total. The van der Waals surface area contributed by atoms with Crippen molar-refractivity contribution in [2.75, 3.05) is 6.61 Å². The Morgan fingerprint density at radius 3 is 2.93 bits per heavy atom. The van der Waals surface area contributed by atoms with Gasteiger partial charge in [0.25, 0.3) is 0 Å². The summed E-state index contributed by atoms with van der Waals surface area (Å²) < 4.78 is 0.626. The van der Waals surface area contributed by atoms with Crippen LogP contribution < -0.4 is 0 Å². The van der Waals surface area contributed by atoms with Gasteiger partial charge in [0.2, 0.25) is 0 Å². The van der Waals surface area contributed by atoms with Crippen LogP contribution in [-0.2, 0) is 0 Å². The molecule has 1 aromatic rings. The summed E-state index contributed by atoms with van der Waals surface area (Å²) in [7, 11) is 0. The summed E-state index contributed by atoms with van der Waals surface area (Å²) in [5.41, 5.74) is 0.148. The first kappa shape index (κ1) is 12.5. The summed E-state index contributed by atoms with van der Waals surface area (Å²) >= 11 is 4.41. The van der Waals surface area contributed by atoms with E-state index in [0.717, 1.165) is 0 Å². The third kappa shape index (κ3) is 3.48. The topological polar surface area (TPSA) is 70.4 Å². The Hall–Kier alpha value is -0.590. The average Bonchev–Trinajstić information content (AvgIpc) is 2.20. The highest BCUT2D eigenvalue weighted by atomic mass is 79.9. The summed E-state index contributed by atoms with van der Waals surface area (Å²) in [5, 5.41) is 18.2. The molecule has 0 aliphatic heterocycles. The van der Waals surface area contributed by atoms with Crippen molar-refractivity contribution >= 4 is 33.7 Å². The number of hydrogen-bond acceptors (Lipinski definition) is 4. The third-order valence-corrected chi connectivity index (χ3v) is 3.15. The standard InChI is InChI=1S/C9H10BrNO3S/c1-5(4-12)15-8-7(9(13)14)2-6(10)3-11-8/h2-3,5,12H,4H2,1H3,(H,13,14). The fourth-order valence-electron chi connectivity index (χ4n) is 0.902. The van der Waals surface area contributed by atoms with E-state index < -0.39 is 5.97 Å². The van der Waals surface area contributed by atoms with Crippen LogP contribution in [0, 0.1) is 0 Å². The fourth-order valence-corrected chi connectivity index (χ4v) is 2.08. The number of halogens is 1. The van der Waals surface area contributed by atoms with E-state index in [-0.39, 0.29) is 17.4 Å². The van der Waals surface area contributed by atoms with E-state index in [2.05, 4.69) is 20.9 Å². The first-order valence-electron chi connectivity index (χ1n) is 4.21. The molecule has 6 heteroatoms. The maximum Gasteiger partial charge on any atom is 0.338 e. The third-order valence-electron chi connectivity index (χ3n) is 1.62. The minimum atomic E-state index is -1.02. The molecule has 0 amide bonds. The van der Waals surface area contributed by atoms with Gasteiger partial charge in [-0.3, -0.25) is 0 Å². The minimum absolute atomic E-state index is 0.0124. The zero-order valence-electron chi connectivity index (χ0n) is 7.98. The number of aromatic carboxylic acids is 1. The molecule has 0 spiro atoms. The Labute approximate surface area is 99.9 Å². The number of carboxylic acid groups (broad SMARTS) is 1. The lowest BCUT2D eigenvalue weighted by Gasteiger charge is -2.09. The molecule has 1 atom stereocenters. The van der Waals surface area contributed by atoms with Gasteiger partial charge in [-0.2, -0.15) is 0 Å². The van der Waals surface area contributed by atoms with Crippen LogP contribution in [0.4, 0.5) is 0 Å². The highest BCUT2D eigenvalue weighted by molar-refractivity contribution is 9.10. The highest BCUT2D eigenvalue weighted by Crippen LogP contribution is 2.26. The zero-order valence-corrected chi connectivity index (χ0v) is 10.4. The summed E-state index contributed by atoms with van der Waals surface area (Å²) in [4.78, 5) is 14.9. The van der Waals surface area contributed by atoms with Crippen molar-refractivity contribution in [2.45, 2.75) is 17.2 Å². The van der Waals surface area contributed by atoms with Gasteiger partial charge >= 0.3 is 5.97 Å². The van der Waals surface area contributed by atoms with Gasteiger partial charge in [0, 0.05) is 15.9 Å².